The van der Waals surface area contributed by atoms with Crippen LogP contribution in [0.5, 0.6) is 5.75 Å². The van der Waals surface area contributed by atoms with Crippen LogP contribution in [0.25, 0.3) is 0 Å². The average Bonchev–Trinajstić information content (AvgIpc) is 2.44. The predicted molar refractivity (Wildman–Crippen MR) is 82.3 cm³/mol. The number of hydrogen-bond acceptors (Lipinski definition) is 3. The van der Waals surface area contributed by atoms with E-state index in [4.69, 9.17) is 4.74 Å². The van der Waals surface area contributed by atoms with Crippen molar-refractivity contribution in [3.8, 4) is 5.75 Å². The zero-order valence-electron chi connectivity index (χ0n) is 13.1. The van der Waals surface area contributed by atoms with Gasteiger partial charge in [-0.05, 0) is 55.4 Å². The first-order valence-corrected chi connectivity index (χ1v) is 7.61. The van der Waals surface area contributed by atoms with Gasteiger partial charge < -0.3 is 14.9 Å². The number of benzene rings is 1. The minimum absolute atomic E-state index is 0.217. The van der Waals surface area contributed by atoms with Crippen LogP contribution in [0, 0.1) is 0 Å². The maximum atomic E-state index is 9.82. The molecule has 0 fully saturated rings. The Morgan fingerprint density at radius 3 is 2.40 bits per heavy atom. The Kier molecular flexibility index (Phi) is 7.03. The van der Waals surface area contributed by atoms with Gasteiger partial charge in [-0.3, -0.25) is 0 Å². The van der Waals surface area contributed by atoms with Gasteiger partial charge in [-0.25, -0.2) is 0 Å². The summed E-state index contributed by atoms with van der Waals surface area (Å²) in [5.74, 6) is 1.13. The SMILES string of the molecule is CCCOc1ccc(C(C)CC(O)C(C)O)c(CC)c1. The van der Waals surface area contributed by atoms with Gasteiger partial charge in [-0.15, -0.1) is 0 Å². The van der Waals surface area contributed by atoms with Crippen molar-refractivity contribution in [1.29, 1.82) is 0 Å². The van der Waals surface area contributed by atoms with Crippen LogP contribution < -0.4 is 4.74 Å². The summed E-state index contributed by atoms with van der Waals surface area (Å²) in [6.07, 6.45) is 1.15. The van der Waals surface area contributed by atoms with E-state index < -0.39 is 12.2 Å². The summed E-state index contributed by atoms with van der Waals surface area (Å²) in [6, 6.07) is 6.18. The molecule has 3 unspecified atom stereocenters. The fraction of sp³-hybridized carbons (Fsp3) is 0.647. The molecule has 3 heteroatoms. The molecule has 0 aromatic heterocycles. The highest BCUT2D eigenvalue weighted by molar-refractivity contribution is 5.37. The zero-order valence-corrected chi connectivity index (χ0v) is 13.1. The third-order valence-corrected chi connectivity index (χ3v) is 3.65. The van der Waals surface area contributed by atoms with Crippen molar-refractivity contribution in [2.24, 2.45) is 0 Å². The molecule has 0 heterocycles. The lowest BCUT2D eigenvalue weighted by atomic mass is 9.89. The molecule has 0 saturated carbocycles. The van der Waals surface area contributed by atoms with E-state index in [-0.39, 0.29) is 5.92 Å². The minimum Gasteiger partial charge on any atom is -0.494 e. The summed E-state index contributed by atoms with van der Waals surface area (Å²) >= 11 is 0. The predicted octanol–water partition coefficient (Wildman–Crippen LogP) is 3.27. The van der Waals surface area contributed by atoms with Crippen molar-refractivity contribution in [3.63, 3.8) is 0 Å². The maximum Gasteiger partial charge on any atom is 0.119 e. The molecule has 0 amide bonds. The lowest BCUT2D eigenvalue weighted by Crippen LogP contribution is -2.24. The molecule has 0 aliphatic carbocycles. The molecular weight excluding hydrogens is 252 g/mol. The second kappa shape index (κ2) is 8.28. The lowest BCUT2D eigenvalue weighted by Gasteiger charge is -2.21. The lowest BCUT2D eigenvalue weighted by molar-refractivity contribution is 0.0227. The molecule has 0 bridgehead atoms. The smallest absolute Gasteiger partial charge is 0.119 e. The maximum absolute atomic E-state index is 9.82. The molecule has 3 nitrogen and oxygen atoms in total. The Morgan fingerprint density at radius 2 is 1.85 bits per heavy atom. The number of aliphatic hydroxyl groups excluding tert-OH is 2. The van der Waals surface area contributed by atoms with Crippen molar-refractivity contribution < 1.29 is 14.9 Å². The molecule has 1 aromatic rings. The molecule has 3 atom stereocenters. The standard InChI is InChI=1S/C17H28O3/c1-5-9-20-15-7-8-16(14(6-2)11-15)12(3)10-17(19)13(4)18/h7-8,11-13,17-19H,5-6,9-10H2,1-4H3. The normalized spacial score (nSPS) is 15.7. The third kappa shape index (κ3) is 4.80. The Balaban J connectivity index is 2.83. The highest BCUT2D eigenvalue weighted by Crippen LogP contribution is 2.28. The van der Waals surface area contributed by atoms with Crippen molar-refractivity contribution in [2.75, 3.05) is 6.61 Å². The first-order chi connectivity index (χ1) is 9.49. The summed E-state index contributed by atoms with van der Waals surface area (Å²) in [6.45, 7) is 8.67. The largest absolute Gasteiger partial charge is 0.494 e. The van der Waals surface area contributed by atoms with E-state index in [0.717, 1.165) is 25.2 Å². The Labute approximate surface area is 122 Å². The van der Waals surface area contributed by atoms with Crippen molar-refractivity contribution >= 4 is 0 Å². The van der Waals surface area contributed by atoms with Gasteiger partial charge in [0.1, 0.15) is 5.75 Å². The molecule has 1 rings (SSSR count). The van der Waals surface area contributed by atoms with Crippen molar-refractivity contribution in [1.82, 2.24) is 0 Å². The first-order valence-electron chi connectivity index (χ1n) is 7.61. The van der Waals surface area contributed by atoms with E-state index >= 15 is 0 Å². The highest BCUT2D eigenvalue weighted by Gasteiger charge is 2.18. The molecular formula is C17H28O3. The van der Waals surface area contributed by atoms with E-state index in [1.165, 1.54) is 11.1 Å². The van der Waals surface area contributed by atoms with E-state index in [2.05, 4.69) is 32.9 Å². The highest BCUT2D eigenvalue weighted by atomic mass is 16.5. The van der Waals surface area contributed by atoms with Gasteiger partial charge in [-0.1, -0.05) is 26.8 Å². The summed E-state index contributed by atoms with van der Waals surface area (Å²) in [5.41, 5.74) is 2.49. The van der Waals surface area contributed by atoms with Crippen molar-refractivity contribution in [2.45, 2.75) is 65.1 Å². The molecule has 0 radical (unpaired) electrons. The molecule has 20 heavy (non-hydrogen) atoms. The molecule has 114 valence electrons. The van der Waals surface area contributed by atoms with E-state index in [1.54, 1.807) is 6.92 Å². The van der Waals surface area contributed by atoms with Gasteiger partial charge in [0.15, 0.2) is 0 Å². The fourth-order valence-corrected chi connectivity index (χ4v) is 2.36. The van der Waals surface area contributed by atoms with Crippen LogP contribution in [-0.4, -0.2) is 29.0 Å². The Hall–Kier alpha value is -1.06. The second-order valence-electron chi connectivity index (χ2n) is 5.51. The van der Waals surface area contributed by atoms with Crippen LogP contribution >= 0.6 is 0 Å². The van der Waals surface area contributed by atoms with Gasteiger partial charge in [-0.2, -0.15) is 0 Å². The van der Waals surface area contributed by atoms with Crippen LogP contribution in [0.15, 0.2) is 18.2 Å². The monoisotopic (exact) mass is 280 g/mol. The average molecular weight is 280 g/mol. The van der Waals surface area contributed by atoms with Crippen LogP contribution in [0.3, 0.4) is 0 Å². The van der Waals surface area contributed by atoms with Crippen LogP contribution in [0.2, 0.25) is 0 Å². The summed E-state index contributed by atoms with van der Waals surface area (Å²) in [7, 11) is 0. The molecule has 0 aliphatic rings. The number of hydrogen-bond donors (Lipinski definition) is 2. The molecule has 0 aliphatic heterocycles. The first kappa shape index (κ1) is 17.0. The number of rotatable bonds is 8. The minimum atomic E-state index is -0.685. The Bertz CT molecular complexity index is 401. The van der Waals surface area contributed by atoms with Gasteiger partial charge in [0, 0.05) is 0 Å². The topological polar surface area (TPSA) is 49.7 Å². The summed E-state index contributed by atoms with van der Waals surface area (Å²) in [5, 5.41) is 19.2. The van der Waals surface area contributed by atoms with Gasteiger partial charge in [0.25, 0.3) is 0 Å². The second-order valence-corrected chi connectivity index (χ2v) is 5.51. The van der Waals surface area contributed by atoms with Crippen LogP contribution in [0.4, 0.5) is 0 Å². The van der Waals surface area contributed by atoms with Gasteiger partial charge >= 0.3 is 0 Å². The van der Waals surface area contributed by atoms with Crippen LogP contribution in [-0.2, 0) is 6.42 Å². The molecule has 2 N–H and O–H groups in total. The molecule has 1 aromatic carbocycles. The summed E-state index contributed by atoms with van der Waals surface area (Å²) in [4.78, 5) is 0. The number of aryl methyl sites for hydroxylation is 1. The summed E-state index contributed by atoms with van der Waals surface area (Å²) < 4.78 is 5.66. The fourth-order valence-electron chi connectivity index (χ4n) is 2.36. The van der Waals surface area contributed by atoms with Gasteiger partial charge in [0.05, 0.1) is 18.8 Å². The zero-order chi connectivity index (χ0) is 15.1. The molecule has 0 saturated heterocycles. The van der Waals surface area contributed by atoms with E-state index in [0.29, 0.717) is 6.42 Å². The van der Waals surface area contributed by atoms with Crippen LogP contribution in [0.1, 0.15) is 57.6 Å². The van der Waals surface area contributed by atoms with E-state index in [1.807, 2.05) is 6.07 Å². The Morgan fingerprint density at radius 1 is 1.15 bits per heavy atom. The van der Waals surface area contributed by atoms with Crippen molar-refractivity contribution in [3.05, 3.63) is 29.3 Å². The molecule has 0 spiro atoms. The number of ether oxygens (including phenoxy) is 1. The van der Waals surface area contributed by atoms with Gasteiger partial charge in [0.2, 0.25) is 0 Å². The quantitative estimate of drug-likeness (QED) is 0.768. The number of aliphatic hydroxyl groups is 2. The van der Waals surface area contributed by atoms with E-state index in [9.17, 15) is 10.2 Å². The third-order valence-electron chi connectivity index (χ3n) is 3.65.